The van der Waals surface area contributed by atoms with E-state index in [0.717, 1.165) is 11.4 Å². The molecule has 7 heteroatoms. The van der Waals surface area contributed by atoms with E-state index >= 15 is 0 Å². The van der Waals surface area contributed by atoms with Gasteiger partial charge in [0, 0.05) is 13.0 Å². The summed E-state index contributed by atoms with van der Waals surface area (Å²) in [5, 5.41) is 0. The van der Waals surface area contributed by atoms with E-state index in [1.165, 1.54) is 4.31 Å². The van der Waals surface area contributed by atoms with Crippen LogP contribution in [-0.2, 0) is 23.0 Å². The highest BCUT2D eigenvalue weighted by Crippen LogP contribution is 2.24. The summed E-state index contributed by atoms with van der Waals surface area (Å²) in [5.41, 5.74) is 1.82. The van der Waals surface area contributed by atoms with Gasteiger partial charge in [0.15, 0.2) is 0 Å². The van der Waals surface area contributed by atoms with Crippen LogP contribution in [0.3, 0.4) is 0 Å². The lowest BCUT2D eigenvalue weighted by molar-refractivity contribution is 0.340. The molecule has 1 aromatic heterocycles. The number of nitrogens with one attached hydrogen (secondary N) is 1. The van der Waals surface area contributed by atoms with Crippen molar-refractivity contribution in [2.45, 2.75) is 24.8 Å². The second kappa shape index (κ2) is 5.50. The van der Waals surface area contributed by atoms with Gasteiger partial charge in [0.05, 0.1) is 35.8 Å². The maximum Gasteiger partial charge on any atom is 0.243 e. The molecule has 21 heavy (non-hydrogen) atoms. The number of rotatable bonds is 4. The average Bonchev–Trinajstić information content (AvgIpc) is 2.95. The van der Waals surface area contributed by atoms with E-state index < -0.39 is 10.0 Å². The molecule has 0 bridgehead atoms. The van der Waals surface area contributed by atoms with E-state index in [9.17, 15) is 8.42 Å². The fourth-order valence-electron chi connectivity index (χ4n) is 2.42. The molecule has 112 valence electrons. The van der Waals surface area contributed by atoms with Crippen LogP contribution in [0.1, 0.15) is 18.3 Å². The zero-order chi connectivity index (χ0) is 14.9. The number of aromatic nitrogens is 2. The maximum absolute atomic E-state index is 12.6. The van der Waals surface area contributed by atoms with Gasteiger partial charge >= 0.3 is 0 Å². The number of nitrogens with zero attached hydrogens (tertiary/aromatic N) is 2. The number of sulfonamides is 1. The Kier molecular flexibility index (Phi) is 3.69. The van der Waals surface area contributed by atoms with E-state index in [2.05, 4.69) is 9.97 Å². The van der Waals surface area contributed by atoms with Crippen LogP contribution in [0, 0.1) is 0 Å². The third-order valence-corrected chi connectivity index (χ3v) is 5.37. The van der Waals surface area contributed by atoms with E-state index in [1.807, 2.05) is 6.92 Å². The summed E-state index contributed by atoms with van der Waals surface area (Å²) in [4.78, 5) is 7.47. The van der Waals surface area contributed by atoms with Crippen LogP contribution in [0.15, 0.2) is 35.5 Å². The molecule has 1 aromatic carbocycles. The minimum Gasteiger partial charge on any atom is -0.494 e. The number of ether oxygens (including phenoxy) is 1. The topological polar surface area (TPSA) is 75.3 Å². The van der Waals surface area contributed by atoms with Crippen molar-refractivity contribution in [1.82, 2.24) is 14.3 Å². The molecule has 2 aromatic rings. The van der Waals surface area contributed by atoms with Crippen LogP contribution in [0.4, 0.5) is 0 Å². The molecule has 0 amide bonds. The SMILES string of the molecule is CCOc1ccc(S(=O)(=O)N2CCc3nc[nH]c3C2)cc1. The smallest absolute Gasteiger partial charge is 0.243 e. The normalized spacial score (nSPS) is 15.7. The highest BCUT2D eigenvalue weighted by Gasteiger charge is 2.29. The van der Waals surface area contributed by atoms with Crippen molar-refractivity contribution in [3.8, 4) is 5.75 Å². The largest absolute Gasteiger partial charge is 0.494 e. The predicted octanol–water partition coefficient (Wildman–Crippen LogP) is 1.56. The van der Waals surface area contributed by atoms with Crippen molar-refractivity contribution in [3.63, 3.8) is 0 Å². The molecule has 0 radical (unpaired) electrons. The summed E-state index contributed by atoms with van der Waals surface area (Å²) in [7, 11) is -3.48. The Morgan fingerprint density at radius 3 is 2.81 bits per heavy atom. The number of hydrogen-bond donors (Lipinski definition) is 1. The zero-order valence-electron chi connectivity index (χ0n) is 11.7. The minimum absolute atomic E-state index is 0.286. The average molecular weight is 307 g/mol. The van der Waals surface area contributed by atoms with E-state index in [0.29, 0.717) is 31.9 Å². The van der Waals surface area contributed by atoms with E-state index in [-0.39, 0.29) is 4.90 Å². The maximum atomic E-state index is 12.6. The van der Waals surface area contributed by atoms with Crippen molar-refractivity contribution in [3.05, 3.63) is 42.0 Å². The Hall–Kier alpha value is -1.86. The fourth-order valence-corrected chi connectivity index (χ4v) is 3.83. The molecule has 0 aliphatic carbocycles. The first-order chi connectivity index (χ1) is 10.1. The number of benzene rings is 1. The summed E-state index contributed by atoms with van der Waals surface area (Å²) in [5.74, 6) is 0.672. The molecule has 6 nitrogen and oxygen atoms in total. The number of hydrogen-bond acceptors (Lipinski definition) is 4. The van der Waals surface area contributed by atoms with Crippen molar-refractivity contribution in [2.75, 3.05) is 13.2 Å². The van der Waals surface area contributed by atoms with Crippen LogP contribution in [0.2, 0.25) is 0 Å². The van der Waals surface area contributed by atoms with Crippen LogP contribution < -0.4 is 4.74 Å². The van der Waals surface area contributed by atoms with Crippen LogP contribution >= 0.6 is 0 Å². The molecule has 0 fully saturated rings. The highest BCUT2D eigenvalue weighted by molar-refractivity contribution is 7.89. The summed E-state index contributed by atoms with van der Waals surface area (Å²) in [6, 6.07) is 6.54. The van der Waals surface area contributed by atoms with Crippen LogP contribution in [-0.4, -0.2) is 35.8 Å². The lowest BCUT2D eigenvalue weighted by Gasteiger charge is -2.25. The number of aromatic amines is 1. The Morgan fingerprint density at radius 1 is 1.33 bits per heavy atom. The van der Waals surface area contributed by atoms with Crippen molar-refractivity contribution < 1.29 is 13.2 Å². The van der Waals surface area contributed by atoms with Gasteiger partial charge in [-0.15, -0.1) is 0 Å². The molecule has 1 aliphatic rings. The molecule has 0 atom stereocenters. The van der Waals surface area contributed by atoms with Gasteiger partial charge in [-0.25, -0.2) is 13.4 Å². The van der Waals surface area contributed by atoms with Gasteiger partial charge in [-0.2, -0.15) is 4.31 Å². The highest BCUT2D eigenvalue weighted by atomic mass is 32.2. The Bertz CT molecular complexity index is 722. The summed E-state index contributed by atoms with van der Waals surface area (Å²) in [6.07, 6.45) is 2.24. The Morgan fingerprint density at radius 2 is 2.10 bits per heavy atom. The molecular formula is C14H17N3O3S. The second-order valence-electron chi connectivity index (χ2n) is 4.82. The molecule has 1 aliphatic heterocycles. The quantitative estimate of drug-likeness (QED) is 0.930. The molecule has 0 saturated carbocycles. The molecule has 0 spiro atoms. The van der Waals surface area contributed by atoms with Gasteiger partial charge in [0.2, 0.25) is 10.0 Å². The van der Waals surface area contributed by atoms with Gasteiger partial charge in [0.25, 0.3) is 0 Å². The first kappa shape index (κ1) is 14.1. The Labute approximate surface area is 123 Å². The molecule has 0 unspecified atom stereocenters. The van der Waals surface area contributed by atoms with E-state index in [4.69, 9.17) is 4.74 Å². The Balaban J connectivity index is 1.84. The first-order valence-electron chi connectivity index (χ1n) is 6.85. The summed E-state index contributed by atoms with van der Waals surface area (Å²) in [6.45, 7) is 3.24. The lowest BCUT2D eigenvalue weighted by atomic mass is 10.2. The molecule has 0 saturated heterocycles. The summed E-state index contributed by atoms with van der Waals surface area (Å²) < 4.78 is 32.1. The van der Waals surface area contributed by atoms with Gasteiger partial charge < -0.3 is 9.72 Å². The fraction of sp³-hybridized carbons (Fsp3) is 0.357. The van der Waals surface area contributed by atoms with Gasteiger partial charge in [0.1, 0.15) is 5.75 Å². The standard InChI is InChI=1S/C14H17N3O3S/c1-2-20-11-3-5-12(6-4-11)21(18,19)17-8-7-13-14(9-17)16-10-15-13/h3-6,10H,2,7-9H2,1H3,(H,15,16). The number of H-pyrrole nitrogens is 1. The summed E-state index contributed by atoms with van der Waals surface area (Å²) >= 11 is 0. The van der Waals surface area contributed by atoms with Gasteiger partial charge in [-0.3, -0.25) is 0 Å². The number of imidazole rings is 1. The lowest BCUT2D eigenvalue weighted by Crippen LogP contribution is -2.36. The zero-order valence-corrected chi connectivity index (χ0v) is 12.6. The second-order valence-corrected chi connectivity index (χ2v) is 6.76. The van der Waals surface area contributed by atoms with E-state index in [1.54, 1.807) is 30.6 Å². The molecule has 2 heterocycles. The first-order valence-corrected chi connectivity index (χ1v) is 8.29. The number of fused-ring (bicyclic) bond motifs is 1. The molecule has 1 N–H and O–H groups in total. The van der Waals surface area contributed by atoms with Crippen LogP contribution in [0.25, 0.3) is 0 Å². The van der Waals surface area contributed by atoms with Gasteiger partial charge in [-0.05, 0) is 31.2 Å². The van der Waals surface area contributed by atoms with Gasteiger partial charge in [-0.1, -0.05) is 0 Å². The molecular weight excluding hydrogens is 290 g/mol. The minimum atomic E-state index is -3.48. The van der Waals surface area contributed by atoms with Crippen molar-refractivity contribution in [1.29, 1.82) is 0 Å². The van der Waals surface area contributed by atoms with Crippen LogP contribution in [0.5, 0.6) is 5.75 Å². The molecule has 3 rings (SSSR count). The monoisotopic (exact) mass is 307 g/mol. The van der Waals surface area contributed by atoms with Crippen molar-refractivity contribution in [2.24, 2.45) is 0 Å². The third-order valence-electron chi connectivity index (χ3n) is 3.51. The van der Waals surface area contributed by atoms with Crippen molar-refractivity contribution >= 4 is 10.0 Å². The predicted molar refractivity (Wildman–Crippen MR) is 77.5 cm³/mol. The third kappa shape index (κ3) is 2.66.